The number of nitrogens with zero attached hydrogens (tertiary/aromatic N) is 4. The van der Waals surface area contributed by atoms with Crippen LogP contribution < -0.4 is 15.4 Å². The first kappa shape index (κ1) is 25.1. The van der Waals surface area contributed by atoms with Crippen LogP contribution in [0.2, 0.25) is 5.02 Å². The number of ether oxygens (including phenoxy) is 1. The first-order chi connectivity index (χ1) is 17.5. The number of methoxy groups -OCH3 is 1. The van der Waals surface area contributed by atoms with Crippen molar-refractivity contribution in [2.24, 2.45) is 0 Å². The van der Waals surface area contributed by atoms with Gasteiger partial charge in [-0.25, -0.2) is 4.79 Å². The van der Waals surface area contributed by atoms with Gasteiger partial charge in [-0.15, -0.1) is 10.2 Å². The van der Waals surface area contributed by atoms with Crippen LogP contribution in [0.1, 0.15) is 22.5 Å². The number of benzene rings is 3. The highest BCUT2D eigenvalue weighted by atomic mass is 35.5. The van der Waals surface area contributed by atoms with E-state index in [4.69, 9.17) is 21.6 Å². The second-order valence-electron chi connectivity index (χ2n) is 7.80. The fraction of sp³-hybridized carbons (Fsp3) is 0.154. The number of amides is 2. The normalized spacial score (nSPS) is 10.5. The minimum absolute atomic E-state index is 0.140. The van der Waals surface area contributed by atoms with Gasteiger partial charge in [0.1, 0.15) is 5.75 Å². The fourth-order valence-electron chi connectivity index (χ4n) is 3.45. The lowest BCUT2D eigenvalue weighted by molar-refractivity contribution is 0.251. The Kier molecular flexibility index (Phi) is 8.10. The van der Waals surface area contributed by atoms with Crippen LogP contribution >= 0.6 is 23.4 Å². The number of nitrogens with one attached hydrogen (secondary N) is 2. The monoisotopic (exact) mass is 518 g/mol. The maximum absolute atomic E-state index is 12.5. The highest BCUT2D eigenvalue weighted by Crippen LogP contribution is 2.29. The molecule has 4 rings (SSSR count). The van der Waals surface area contributed by atoms with E-state index in [1.54, 1.807) is 31.4 Å². The van der Waals surface area contributed by atoms with E-state index in [-0.39, 0.29) is 6.54 Å². The summed E-state index contributed by atoms with van der Waals surface area (Å²) in [6, 6.07) is 21.7. The zero-order valence-electron chi connectivity index (χ0n) is 19.7. The summed E-state index contributed by atoms with van der Waals surface area (Å²) in [5.74, 6) is 2.00. The first-order valence-corrected chi connectivity index (χ1v) is 12.3. The molecule has 0 unspecified atom stereocenters. The van der Waals surface area contributed by atoms with Gasteiger partial charge < -0.3 is 15.4 Å². The predicted molar refractivity (Wildman–Crippen MR) is 141 cm³/mol. The van der Waals surface area contributed by atoms with Gasteiger partial charge in [-0.05, 0) is 66.6 Å². The van der Waals surface area contributed by atoms with Gasteiger partial charge in [0.25, 0.3) is 0 Å². The number of halogens is 1. The molecule has 0 fully saturated rings. The smallest absolute Gasteiger partial charge is 0.319 e. The number of urea groups is 1. The average molecular weight is 519 g/mol. The van der Waals surface area contributed by atoms with Crippen molar-refractivity contribution in [1.82, 2.24) is 20.1 Å². The van der Waals surface area contributed by atoms with Gasteiger partial charge in [-0.3, -0.25) is 4.57 Å². The standard InChI is InChI=1S/C26H23ClN6O2S/c1-17-6-9-20(27)13-23(17)33-24(15-29-25(34)30-21-10-7-18(14-28)8-11-21)31-32-26(33)36-16-19-4-3-5-22(12-19)35-2/h3-13H,15-16H2,1-2H3,(H2,29,30,34). The highest BCUT2D eigenvalue weighted by molar-refractivity contribution is 7.98. The molecule has 1 heterocycles. The van der Waals surface area contributed by atoms with Crippen LogP contribution in [0.15, 0.2) is 71.9 Å². The number of rotatable bonds is 8. The van der Waals surface area contributed by atoms with Gasteiger partial charge in [0, 0.05) is 16.5 Å². The van der Waals surface area contributed by atoms with Crippen molar-refractivity contribution in [3.05, 3.63) is 94.3 Å². The van der Waals surface area contributed by atoms with Gasteiger partial charge in [0.15, 0.2) is 11.0 Å². The van der Waals surface area contributed by atoms with Crippen molar-refractivity contribution in [1.29, 1.82) is 5.26 Å². The number of aromatic nitrogens is 3. The average Bonchev–Trinajstić information content (AvgIpc) is 3.30. The van der Waals surface area contributed by atoms with Gasteiger partial charge in [-0.2, -0.15) is 5.26 Å². The van der Waals surface area contributed by atoms with Crippen LogP contribution in [0, 0.1) is 18.3 Å². The van der Waals surface area contributed by atoms with Crippen LogP contribution in [0.4, 0.5) is 10.5 Å². The van der Waals surface area contributed by atoms with Crippen LogP contribution in [0.25, 0.3) is 5.69 Å². The maximum Gasteiger partial charge on any atom is 0.319 e. The van der Waals surface area contributed by atoms with Crippen molar-refractivity contribution >= 4 is 35.1 Å². The molecule has 0 atom stereocenters. The van der Waals surface area contributed by atoms with Crippen molar-refractivity contribution < 1.29 is 9.53 Å². The topological polar surface area (TPSA) is 105 Å². The molecule has 182 valence electrons. The summed E-state index contributed by atoms with van der Waals surface area (Å²) in [6.07, 6.45) is 0. The number of carbonyl (C=O) groups is 1. The molecule has 0 radical (unpaired) electrons. The molecular formula is C26H23ClN6O2S. The SMILES string of the molecule is COc1cccc(CSc2nnc(CNC(=O)Nc3ccc(C#N)cc3)n2-c2cc(Cl)ccc2C)c1. The second kappa shape index (κ2) is 11.6. The Balaban J connectivity index is 1.54. The molecule has 0 saturated heterocycles. The third-order valence-electron chi connectivity index (χ3n) is 5.29. The number of anilines is 1. The molecule has 2 amide bonds. The zero-order chi connectivity index (χ0) is 25.5. The number of hydrogen-bond donors (Lipinski definition) is 2. The summed E-state index contributed by atoms with van der Waals surface area (Å²) < 4.78 is 7.23. The van der Waals surface area contributed by atoms with Gasteiger partial charge >= 0.3 is 6.03 Å². The lowest BCUT2D eigenvalue weighted by atomic mass is 10.2. The molecule has 0 aliphatic carbocycles. The van der Waals surface area contributed by atoms with Crippen LogP contribution in [-0.4, -0.2) is 27.9 Å². The Morgan fingerprint density at radius 2 is 1.94 bits per heavy atom. The molecule has 2 N–H and O–H groups in total. The molecule has 8 nitrogen and oxygen atoms in total. The van der Waals surface area contributed by atoms with Crippen LogP contribution in [0.5, 0.6) is 5.75 Å². The molecule has 0 aliphatic rings. The summed E-state index contributed by atoms with van der Waals surface area (Å²) in [5.41, 5.74) is 4.01. The molecule has 0 bridgehead atoms. The second-order valence-corrected chi connectivity index (χ2v) is 9.18. The third kappa shape index (κ3) is 6.16. The lowest BCUT2D eigenvalue weighted by Gasteiger charge is -2.14. The molecular weight excluding hydrogens is 496 g/mol. The molecule has 0 aliphatic heterocycles. The van der Waals surface area contributed by atoms with Gasteiger partial charge in [0.2, 0.25) is 0 Å². The van der Waals surface area contributed by atoms with Crippen molar-refractivity contribution in [2.45, 2.75) is 24.4 Å². The third-order valence-corrected chi connectivity index (χ3v) is 6.53. The van der Waals surface area contributed by atoms with Crippen molar-refractivity contribution in [3.63, 3.8) is 0 Å². The van der Waals surface area contributed by atoms with Gasteiger partial charge in [0.05, 0.1) is 31.0 Å². The van der Waals surface area contributed by atoms with E-state index in [0.29, 0.717) is 33.0 Å². The molecule has 1 aromatic heterocycles. The molecule has 36 heavy (non-hydrogen) atoms. The van der Waals surface area contributed by atoms with Crippen molar-refractivity contribution in [2.75, 3.05) is 12.4 Å². The predicted octanol–water partition coefficient (Wildman–Crippen LogP) is 5.72. The first-order valence-electron chi connectivity index (χ1n) is 11.0. The highest BCUT2D eigenvalue weighted by Gasteiger charge is 2.17. The number of carbonyl (C=O) groups excluding carboxylic acids is 1. The van der Waals surface area contributed by atoms with E-state index in [2.05, 4.69) is 20.8 Å². The number of aryl methyl sites for hydroxylation is 1. The molecule has 4 aromatic rings. The summed E-state index contributed by atoms with van der Waals surface area (Å²) in [4.78, 5) is 12.5. The van der Waals surface area contributed by atoms with Crippen LogP contribution in [-0.2, 0) is 12.3 Å². The molecule has 0 spiro atoms. The largest absolute Gasteiger partial charge is 0.497 e. The Morgan fingerprint density at radius 1 is 1.14 bits per heavy atom. The van der Waals surface area contributed by atoms with E-state index < -0.39 is 6.03 Å². The Hall–Kier alpha value is -4.00. The Morgan fingerprint density at radius 3 is 2.69 bits per heavy atom. The lowest BCUT2D eigenvalue weighted by Crippen LogP contribution is -2.29. The summed E-state index contributed by atoms with van der Waals surface area (Å²) in [7, 11) is 1.64. The fourth-order valence-corrected chi connectivity index (χ4v) is 4.52. The molecule has 10 heteroatoms. The number of thioether (sulfide) groups is 1. The number of nitriles is 1. The summed E-state index contributed by atoms with van der Waals surface area (Å²) >= 11 is 7.84. The molecule has 3 aromatic carbocycles. The van der Waals surface area contributed by atoms with Gasteiger partial charge in [-0.1, -0.05) is 41.6 Å². The van der Waals surface area contributed by atoms with E-state index in [9.17, 15) is 4.79 Å². The van der Waals surface area contributed by atoms with Crippen LogP contribution in [0.3, 0.4) is 0 Å². The summed E-state index contributed by atoms with van der Waals surface area (Å²) in [5, 5.41) is 24.5. The maximum atomic E-state index is 12.5. The van der Waals surface area contributed by atoms with E-state index in [1.165, 1.54) is 11.8 Å². The van der Waals surface area contributed by atoms with E-state index >= 15 is 0 Å². The van der Waals surface area contributed by atoms with E-state index in [0.717, 1.165) is 22.6 Å². The van der Waals surface area contributed by atoms with Crippen molar-refractivity contribution in [3.8, 4) is 17.5 Å². The Labute approximate surface area is 218 Å². The minimum Gasteiger partial charge on any atom is -0.497 e. The molecule has 0 saturated carbocycles. The Bertz CT molecular complexity index is 1410. The van der Waals surface area contributed by atoms with E-state index in [1.807, 2.05) is 60.0 Å². The number of hydrogen-bond acceptors (Lipinski definition) is 6. The quantitative estimate of drug-likeness (QED) is 0.289. The zero-order valence-corrected chi connectivity index (χ0v) is 21.2. The summed E-state index contributed by atoms with van der Waals surface area (Å²) in [6.45, 7) is 2.12. The minimum atomic E-state index is -0.400.